The number of H-pyrrole nitrogens is 1. The quantitative estimate of drug-likeness (QED) is 0.151. The van der Waals surface area contributed by atoms with Gasteiger partial charge in [0.1, 0.15) is 17.3 Å². The lowest BCUT2D eigenvalue weighted by molar-refractivity contribution is 0.582. The predicted octanol–water partition coefficient (Wildman–Crippen LogP) is 24.3. The number of aromatic nitrogens is 5. The van der Waals surface area contributed by atoms with Gasteiger partial charge in [-0.2, -0.15) is 0 Å². The molecule has 11 heteroatoms. The highest BCUT2D eigenvalue weighted by Crippen LogP contribution is 2.46. The molecular formula is C87H55N5O3S3. The highest BCUT2D eigenvalue weighted by Gasteiger charge is 2.24. The average Bonchev–Trinajstić information content (AvgIpc) is 1.62. The Hall–Kier alpha value is -12.0. The van der Waals surface area contributed by atoms with Crippen LogP contribution in [0.3, 0.4) is 0 Å². The summed E-state index contributed by atoms with van der Waals surface area (Å²) in [7, 11) is 0. The molecule has 16 bridgehead atoms. The van der Waals surface area contributed by atoms with Gasteiger partial charge in [-0.15, -0.1) is 34.0 Å². The molecule has 14 aromatic rings. The van der Waals surface area contributed by atoms with E-state index >= 15 is 0 Å². The maximum absolute atomic E-state index is 6.18. The van der Waals surface area contributed by atoms with E-state index < -0.39 is 0 Å². The fourth-order valence-electron chi connectivity index (χ4n) is 13.3. The topological polar surface area (TPSA) is 107 Å². The molecule has 0 saturated heterocycles. The van der Waals surface area contributed by atoms with Gasteiger partial charge in [-0.1, -0.05) is 126 Å². The molecule has 0 aliphatic carbocycles. The van der Waals surface area contributed by atoms with Crippen LogP contribution in [0.5, 0.6) is 0 Å². The van der Waals surface area contributed by atoms with Crippen LogP contribution in [-0.4, -0.2) is 24.9 Å². The standard InChI is InChI=1S/C87H55N5O3S3/c1-51-10-22-56(23-11-51)80-61-32-33-62(88-61)81(57-24-12-52(2)13-25-57)64-35-37-66(90-64)83(75-43-42-74(96-75)82(65-36-34-63(80)89-65)58-26-14-53(3)15-27-58)59-28-18-54(19-29-59)16-17-55-20-30-60(31-21-55)84-67-38-39-68(91-67)85(71-7-4-48-93-71)78-46-47-79(98-78)87(73-9-6-50-95-73)70-41-40-69(92-70)86(72-8-5-49-94-72)77-45-44-76(84)97-77/h4-15,18-50,88H,1-3H3. The third kappa shape index (κ3) is 10.7. The van der Waals surface area contributed by atoms with Gasteiger partial charge in [-0.05, 0) is 206 Å². The SMILES string of the molecule is Cc1ccc(-c2c3nc(c(-c4ccc(C)cc4)c4ccc(s4)c(-c4ccc(C#Cc5ccc(-c6c7nc(c(-c8ccco8)c8ccc(s8)c(-c8ccco8)c8nc(c(-c9ccco9)c9ccc6s9)C=C8)C=C7)cc5)cc4)c4nc(c(-c5ccc(C)cc5)c5ccc2[nH]5)C=C4)C=C3)cc1. The molecule has 0 radical (unpaired) electrons. The van der Waals surface area contributed by atoms with E-state index in [9.17, 15) is 0 Å². The van der Waals surface area contributed by atoms with Crippen LogP contribution in [0.1, 0.15) is 73.4 Å². The van der Waals surface area contributed by atoms with Crippen molar-refractivity contribution in [1.82, 2.24) is 24.9 Å². The predicted molar refractivity (Wildman–Crippen MR) is 409 cm³/mol. The molecule has 13 heterocycles. The minimum Gasteiger partial charge on any atom is -0.464 e. The molecule has 5 aromatic carbocycles. The van der Waals surface area contributed by atoms with E-state index in [-0.39, 0.29) is 0 Å². The van der Waals surface area contributed by atoms with Crippen LogP contribution in [-0.2, 0) is 0 Å². The van der Waals surface area contributed by atoms with Crippen molar-refractivity contribution in [1.29, 1.82) is 0 Å². The van der Waals surface area contributed by atoms with E-state index in [0.29, 0.717) is 0 Å². The highest BCUT2D eigenvalue weighted by molar-refractivity contribution is 7.25. The van der Waals surface area contributed by atoms with Crippen LogP contribution in [0.4, 0.5) is 0 Å². The van der Waals surface area contributed by atoms with Crippen LogP contribution >= 0.6 is 34.0 Å². The molecule has 0 saturated carbocycles. The molecule has 0 amide bonds. The Morgan fingerprint density at radius 2 is 0.510 bits per heavy atom. The van der Waals surface area contributed by atoms with E-state index in [1.54, 1.807) is 52.8 Å². The van der Waals surface area contributed by atoms with Crippen molar-refractivity contribution in [3.63, 3.8) is 0 Å². The van der Waals surface area contributed by atoms with Gasteiger partial charge in [-0.25, -0.2) is 19.9 Å². The molecule has 0 atom stereocenters. The van der Waals surface area contributed by atoms with Gasteiger partial charge in [0, 0.05) is 78.2 Å². The second-order valence-electron chi connectivity index (χ2n) is 24.6. The van der Waals surface area contributed by atoms with Crippen LogP contribution in [0.15, 0.2) is 238 Å². The van der Waals surface area contributed by atoms with Gasteiger partial charge in [0.2, 0.25) is 0 Å². The first-order valence-corrected chi connectivity index (χ1v) is 34.8. The molecule has 0 spiro atoms. The summed E-state index contributed by atoms with van der Waals surface area (Å²) in [6.07, 6.45) is 22.2. The van der Waals surface area contributed by atoms with Gasteiger partial charge in [0.25, 0.3) is 0 Å². The molecule has 4 aliphatic rings. The zero-order chi connectivity index (χ0) is 65.4. The Bertz CT molecular complexity index is 6010. The van der Waals surface area contributed by atoms with Crippen LogP contribution in [0.2, 0.25) is 0 Å². The first-order chi connectivity index (χ1) is 48.2. The van der Waals surface area contributed by atoms with Gasteiger partial charge in [-0.3, -0.25) is 0 Å². The summed E-state index contributed by atoms with van der Waals surface area (Å²) in [6.45, 7) is 6.38. The fourth-order valence-corrected chi connectivity index (χ4v) is 16.8. The lowest BCUT2D eigenvalue weighted by Crippen LogP contribution is -1.89. The lowest BCUT2D eigenvalue weighted by Gasteiger charge is -2.07. The van der Waals surface area contributed by atoms with E-state index in [0.717, 1.165) is 186 Å². The largest absolute Gasteiger partial charge is 0.464 e. The van der Waals surface area contributed by atoms with Crippen molar-refractivity contribution in [2.75, 3.05) is 0 Å². The molecule has 4 aliphatic heterocycles. The summed E-state index contributed by atoms with van der Waals surface area (Å²) in [5.74, 6) is 9.21. The number of thiophene rings is 3. The number of hydrogen-bond acceptors (Lipinski definition) is 10. The summed E-state index contributed by atoms with van der Waals surface area (Å²) < 4.78 is 24.7. The van der Waals surface area contributed by atoms with E-state index in [1.807, 2.05) is 36.4 Å². The first-order valence-electron chi connectivity index (χ1n) is 32.3. The molecule has 0 fully saturated rings. The maximum Gasteiger partial charge on any atom is 0.137 e. The van der Waals surface area contributed by atoms with Crippen molar-refractivity contribution in [3.05, 3.63) is 298 Å². The molecular weight excluding hydrogens is 1260 g/mol. The van der Waals surface area contributed by atoms with Crippen molar-refractivity contribution in [3.8, 4) is 101 Å². The van der Waals surface area contributed by atoms with Crippen molar-refractivity contribution < 1.29 is 13.3 Å². The zero-order valence-corrected chi connectivity index (χ0v) is 55.7. The Labute approximate surface area is 576 Å². The number of hydrogen-bond donors (Lipinski definition) is 1. The molecule has 1 N–H and O–H groups in total. The fraction of sp³-hybridized carbons (Fsp3) is 0.0345. The normalized spacial score (nSPS) is 12.2. The average molecular weight is 1310 g/mol. The Morgan fingerprint density at radius 3 is 0.786 bits per heavy atom. The Balaban J connectivity index is 0.763. The Kier molecular flexibility index (Phi) is 14.5. The van der Waals surface area contributed by atoms with E-state index in [1.165, 1.54) is 16.7 Å². The number of aryl methyl sites for hydroxylation is 3. The Morgan fingerprint density at radius 1 is 0.265 bits per heavy atom. The number of nitrogens with one attached hydrogen (secondary N) is 1. The maximum atomic E-state index is 6.18. The molecule has 8 nitrogen and oxygen atoms in total. The van der Waals surface area contributed by atoms with Crippen molar-refractivity contribution >= 4 is 122 Å². The summed E-state index contributed by atoms with van der Waals surface area (Å²) in [6, 6.07) is 72.6. The molecule has 18 rings (SSSR count). The smallest absolute Gasteiger partial charge is 0.137 e. The molecule has 0 unspecified atom stereocenters. The van der Waals surface area contributed by atoms with Crippen LogP contribution in [0, 0.1) is 32.6 Å². The minimum absolute atomic E-state index is 0.726. The van der Waals surface area contributed by atoms with Gasteiger partial charge in [0.05, 0.1) is 81.0 Å². The van der Waals surface area contributed by atoms with Gasteiger partial charge < -0.3 is 18.2 Å². The van der Waals surface area contributed by atoms with Gasteiger partial charge >= 0.3 is 0 Å². The number of fused-ring (bicyclic) bond motifs is 16. The third-order valence-corrected chi connectivity index (χ3v) is 21.5. The molecule has 464 valence electrons. The van der Waals surface area contributed by atoms with Crippen molar-refractivity contribution in [2.45, 2.75) is 20.8 Å². The van der Waals surface area contributed by atoms with Gasteiger partial charge in [0.15, 0.2) is 0 Å². The summed E-state index contributed by atoms with van der Waals surface area (Å²) >= 11 is 5.09. The summed E-state index contributed by atoms with van der Waals surface area (Å²) in [5, 5.41) is 0. The van der Waals surface area contributed by atoms with E-state index in [2.05, 4.69) is 256 Å². The van der Waals surface area contributed by atoms with Crippen molar-refractivity contribution in [2.24, 2.45) is 0 Å². The molecule has 9 aromatic heterocycles. The van der Waals surface area contributed by atoms with Crippen LogP contribution in [0.25, 0.3) is 177 Å². The zero-order valence-electron chi connectivity index (χ0n) is 53.2. The number of aromatic amines is 1. The first kappa shape index (κ1) is 58.5. The monoisotopic (exact) mass is 1310 g/mol. The lowest BCUT2D eigenvalue weighted by atomic mass is 10.0. The number of benzene rings is 5. The van der Waals surface area contributed by atoms with Crippen LogP contribution < -0.4 is 0 Å². The van der Waals surface area contributed by atoms with E-state index in [4.69, 9.17) is 33.2 Å². The second-order valence-corrected chi connectivity index (χ2v) is 27.8. The number of rotatable bonds is 8. The highest BCUT2D eigenvalue weighted by atomic mass is 32.1. The number of furan rings is 3. The molecule has 98 heavy (non-hydrogen) atoms. The second kappa shape index (κ2) is 24.3. The minimum atomic E-state index is 0.726. The summed E-state index contributed by atoms with van der Waals surface area (Å²) in [4.78, 5) is 25.9. The third-order valence-electron chi connectivity index (χ3n) is 18.2. The number of nitrogens with zero attached hydrogens (tertiary/aromatic N) is 4. The summed E-state index contributed by atoms with van der Waals surface area (Å²) in [5.41, 5.74) is 27.2.